The van der Waals surface area contributed by atoms with Gasteiger partial charge in [-0.15, -0.1) is 0 Å². The number of H-pyrrole nitrogens is 1. The van der Waals surface area contributed by atoms with Crippen LogP contribution in [0.3, 0.4) is 0 Å². The van der Waals surface area contributed by atoms with Crippen molar-refractivity contribution in [3.8, 4) is 6.07 Å². The molecule has 0 radical (unpaired) electrons. The van der Waals surface area contributed by atoms with Crippen LogP contribution in [0.4, 0.5) is 0 Å². The molecule has 1 atom stereocenters. The number of piperidine rings is 1. The molecule has 5 heteroatoms. The number of hydrogen-bond acceptors (Lipinski definition) is 3. The van der Waals surface area contributed by atoms with E-state index in [1.807, 2.05) is 24.4 Å². The molecule has 1 aromatic carbocycles. The minimum atomic E-state index is -0.185. The first-order chi connectivity index (χ1) is 11.7. The lowest BCUT2D eigenvalue weighted by molar-refractivity contribution is -0.124. The monoisotopic (exact) mass is 324 g/mol. The third-order valence-electron chi connectivity index (χ3n) is 4.98. The van der Waals surface area contributed by atoms with E-state index in [0.717, 1.165) is 62.5 Å². The Kier molecular flexibility index (Phi) is 5.17. The van der Waals surface area contributed by atoms with Gasteiger partial charge in [0.2, 0.25) is 5.91 Å². The van der Waals surface area contributed by atoms with E-state index in [2.05, 4.69) is 16.0 Å². The Hall–Kier alpha value is -2.32. The zero-order valence-electron chi connectivity index (χ0n) is 13.9. The molecule has 1 unspecified atom stereocenters. The minimum Gasteiger partial charge on any atom is -0.368 e. The van der Waals surface area contributed by atoms with Crippen LogP contribution in [0.25, 0.3) is 10.9 Å². The lowest BCUT2D eigenvalue weighted by atomic mass is 10.0. The maximum absolute atomic E-state index is 11.5. The molecule has 0 bridgehead atoms. The molecule has 0 aliphatic carbocycles. The number of hydrogen-bond donors (Lipinski definition) is 2. The first kappa shape index (κ1) is 16.5. The second kappa shape index (κ2) is 7.50. The van der Waals surface area contributed by atoms with E-state index in [1.54, 1.807) is 0 Å². The summed E-state index contributed by atoms with van der Waals surface area (Å²) in [7, 11) is 0. The standard InChI is InChI=1S/C19H24N4O/c20-12-14-7-8-17-16(11-14)15(13-22-17)5-1-3-9-23-10-4-2-6-18(23)19(21)24/h7-8,11,13,18,22H,1-6,9-10H2,(H2,21,24). The molecule has 1 fully saturated rings. The van der Waals surface area contributed by atoms with Crippen LogP contribution in [0.2, 0.25) is 0 Å². The lowest BCUT2D eigenvalue weighted by Crippen LogP contribution is -2.47. The lowest BCUT2D eigenvalue weighted by Gasteiger charge is -2.33. The Morgan fingerprint density at radius 1 is 1.38 bits per heavy atom. The summed E-state index contributed by atoms with van der Waals surface area (Å²) in [5.74, 6) is -0.185. The summed E-state index contributed by atoms with van der Waals surface area (Å²) in [6, 6.07) is 7.87. The van der Waals surface area contributed by atoms with Gasteiger partial charge in [0.1, 0.15) is 0 Å². The molecule has 1 aliphatic heterocycles. The molecule has 0 spiro atoms. The van der Waals surface area contributed by atoms with Crippen molar-refractivity contribution in [1.29, 1.82) is 5.26 Å². The maximum atomic E-state index is 11.5. The minimum absolute atomic E-state index is 0.0787. The quantitative estimate of drug-likeness (QED) is 0.801. The second-order valence-electron chi connectivity index (χ2n) is 6.59. The predicted molar refractivity (Wildman–Crippen MR) is 94.4 cm³/mol. The van der Waals surface area contributed by atoms with E-state index < -0.39 is 0 Å². The van der Waals surface area contributed by atoms with Crippen molar-refractivity contribution in [3.05, 3.63) is 35.5 Å². The number of unbranched alkanes of at least 4 members (excludes halogenated alkanes) is 1. The average Bonchev–Trinajstić information content (AvgIpc) is 3.01. The predicted octanol–water partition coefficient (Wildman–Crippen LogP) is 2.70. The molecule has 2 heterocycles. The molecule has 24 heavy (non-hydrogen) atoms. The molecule has 126 valence electrons. The summed E-state index contributed by atoms with van der Waals surface area (Å²) in [6.45, 7) is 1.91. The molecule has 3 rings (SSSR count). The molecule has 1 amide bonds. The average molecular weight is 324 g/mol. The number of nitriles is 1. The van der Waals surface area contributed by atoms with Gasteiger partial charge in [-0.05, 0) is 69.0 Å². The van der Waals surface area contributed by atoms with Gasteiger partial charge in [-0.25, -0.2) is 0 Å². The summed E-state index contributed by atoms with van der Waals surface area (Å²) >= 11 is 0. The number of amides is 1. The number of nitrogens with two attached hydrogens (primary N) is 1. The van der Waals surface area contributed by atoms with Gasteiger partial charge in [0, 0.05) is 17.1 Å². The van der Waals surface area contributed by atoms with Crippen molar-refractivity contribution in [2.24, 2.45) is 5.73 Å². The number of benzene rings is 1. The highest BCUT2D eigenvalue weighted by Gasteiger charge is 2.26. The van der Waals surface area contributed by atoms with Crippen molar-refractivity contribution in [2.75, 3.05) is 13.1 Å². The Morgan fingerprint density at radius 2 is 2.25 bits per heavy atom. The summed E-state index contributed by atoms with van der Waals surface area (Å²) in [5, 5.41) is 10.2. The van der Waals surface area contributed by atoms with Gasteiger partial charge >= 0.3 is 0 Å². The number of aromatic nitrogens is 1. The second-order valence-corrected chi connectivity index (χ2v) is 6.59. The van der Waals surface area contributed by atoms with E-state index in [4.69, 9.17) is 11.0 Å². The van der Waals surface area contributed by atoms with Crippen molar-refractivity contribution in [2.45, 2.75) is 44.6 Å². The van der Waals surface area contributed by atoms with Gasteiger partial charge in [0.15, 0.2) is 0 Å². The molecule has 1 aliphatic rings. The molecule has 3 N–H and O–H groups in total. The van der Waals surface area contributed by atoms with Crippen molar-refractivity contribution >= 4 is 16.8 Å². The molecule has 1 aromatic heterocycles. The van der Waals surface area contributed by atoms with E-state index in [0.29, 0.717) is 5.56 Å². The van der Waals surface area contributed by atoms with E-state index >= 15 is 0 Å². The Bertz CT molecular complexity index is 758. The van der Waals surface area contributed by atoms with Crippen LogP contribution < -0.4 is 5.73 Å². The number of carbonyl (C=O) groups is 1. The number of aromatic amines is 1. The molecule has 5 nitrogen and oxygen atoms in total. The van der Waals surface area contributed by atoms with Crippen LogP contribution in [-0.4, -0.2) is 34.9 Å². The van der Waals surface area contributed by atoms with Gasteiger partial charge in [-0.2, -0.15) is 5.26 Å². The molecular weight excluding hydrogens is 300 g/mol. The Balaban J connectivity index is 1.55. The van der Waals surface area contributed by atoms with Gasteiger partial charge in [-0.3, -0.25) is 9.69 Å². The summed E-state index contributed by atoms with van der Waals surface area (Å²) in [5.41, 5.74) is 8.55. The van der Waals surface area contributed by atoms with Crippen LogP contribution in [0.1, 0.15) is 43.2 Å². The molecule has 1 saturated heterocycles. The topological polar surface area (TPSA) is 85.9 Å². The van der Waals surface area contributed by atoms with Crippen LogP contribution >= 0.6 is 0 Å². The zero-order chi connectivity index (χ0) is 16.9. The Labute approximate surface area is 142 Å². The number of rotatable bonds is 6. The van der Waals surface area contributed by atoms with E-state index in [9.17, 15) is 4.79 Å². The molecule has 0 saturated carbocycles. The fraction of sp³-hybridized carbons (Fsp3) is 0.474. The number of aryl methyl sites for hydroxylation is 1. The highest BCUT2D eigenvalue weighted by Crippen LogP contribution is 2.22. The maximum Gasteiger partial charge on any atom is 0.234 e. The van der Waals surface area contributed by atoms with E-state index in [1.165, 1.54) is 5.56 Å². The normalized spacial score (nSPS) is 18.5. The highest BCUT2D eigenvalue weighted by molar-refractivity contribution is 5.84. The molecular formula is C19H24N4O. The van der Waals surface area contributed by atoms with Gasteiger partial charge in [0.25, 0.3) is 0 Å². The van der Waals surface area contributed by atoms with Crippen molar-refractivity contribution in [1.82, 2.24) is 9.88 Å². The zero-order valence-corrected chi connectivity index (χ0v) is 13.9. The smallest absolute Gasteiger partial charge is 0.234 e. The third-order valence-corrected chi connectivity index (χ3v) is 4.98. The van der Waals surface area contributed by atoms with Crippen LogP contribution in [0.5, 0.6) is 0 Å². The van der Waals surface area contributed by atoms with Gasteiger partial charge in [0.05, 0.1) is 17.7 Å². The van der Waals surface area contributed by atoms with Crippen molar-refractivity contribution < 1.29 is 4.79 Å². The van der Waals surface area contributed by atoms with E-state index in [-0.39, 0.29) is 11.9 Å². The fourth-order valence-electron chi connectivity index (χ4n) is 3.67. The first-order valence-corrected chi connectivity index (χ1v) is 8.72. The Morgan fingerprint density at radius 3 is 3.04 bits per heavy atom. The molecule has 2 aromatic rings. The number of nitrogens with zero attached hydrogens (tertiary/aromatic N) is 2. The van der Waals surface area contributed by atoms with Crippen LogP contribution in [-0.2, 0) is 11.2 Å². The van der Waals surface area contributed by atoms with Crippen LogP contribution in [0, 0.1) is 11.3 Å². The first-order valence-electron chi connectivity index (χ1n) is 8.72. The third kappa shape index (κ3) is 3.60. The number of likely N-dealkylation sites (tertiary alicyclic amines) is 1. The number of fused-ring (bicyclic) bond motifs is 1. The summed E-state index contributed by atoms with van der Waals surface area (Å²) in [4.78, 5) is 17.1. The number of nitrogens with one attached hydrogen (secondary N) is 1. The van der Waals surface area contributed by atoms with Gasteiger partial charge < -0.3 is 10.7 Å². The summed E-state index contributed by atoms with van der Waals surface area (Å²) in [6.07, 6.45) is 8.28. The largest absolute Gasteiger partial charge is 0.368 e. The number of primary amides is 1. The van der Waals surface area contributed by atoms with Crippen molar-refractivity contribution in [3.63, 3.8) is 0 Å². The fourth-order valence-corrected chi connectivity index (χ4v) is 3.67. The van der Waals surface area contributed by atoms with Crippen LogP contribution in [0.15, 0.2) is 24.4 Å². The highest BCUT2D eigenvalue weighted by atomic mass is 16.1. The summed E-state index contributed by atoms with van der Waals surface area (Å²) < 4.78 is 0. The number of carbonyl (C=O) groups excluding carboxylic acids is 1. The SMILES string of the molecule is N#Cc1ccc2[nH]cc(CCCCN3CCCCC3C(N)=O)c2c1. The van der Waals surface area contributed by atoms with Gasteiger partial charge in [-0.1, -0.05) is 6.42 Å².